The molecule has 0 saturated heterocycles. The van der Waals surface area contributed by atoms with Crippen LogP contribution in [0.2, 0.25) is 0 Å². The summed E-state index contributed by atoms with van der Waals surface area (Å²) in [5.41, 5.74) is 22.2. The van der Waals surface area contributed by atoms with E-state index in [9.17, 15) is 0 Å². The van der Waals surface area contributed by atoms with Crippen LogP contribution < -0.4 is 21.1 Å². The molecule has 3 nitrogen and oxygen atoms in total. The van der Waals surface area contributed by atoms with Crippen LogP contribution in [0, 0.1) is 12.8 Å². The van der Waals surface area contributed by atoms with Crippen molar-refractivity contribution in [3.63, 3.8) is 0 Å². The molecule has 338 valence electrons. The van der Waals surface area contributed by atoms with Crippen molar-refractivity contribution in [1.82, 2.24) is 0 Å². The van der Waals surface area contributed by atoms with E-state index in [2.05, 4.69) is 214 Å². The molecule has 8 rings (SSSR count). The van der Waals surface area contributed by atoms with Crippen LogP contribution in [0.15, 0.2) is 95.7 Å². The maximum atomic E-state index is 7.24. The molecular formula is C60H79BN2O. The van der Waals surface area contributed by atoms with Crippen LogP contribution in [0.4, 0.5) is 28.4 Å². The first-order chi connectivity index (χ1) is 29.6. The van der Waals surface area contributed by atoms with Gasteiger partial charge in [0.1, 0.15) is 6.61 Å². The molecule has 0 saturated carbocycles. The van der Waals surface area contributed by atoms with E-state index in [1.165, 1.54) is 90.9 Å². The van der Waals surface area contributed by atoms with Gasteiger partial charge in [-0.05, 0) is 183 Å². The molecule has 0 fully saturated rings. The number of nitrogens with zero attached hydrogens (tertiary/aromatic N) is 1. The van der Waals surface area contributed by atoms with E-state index in [1.54, 1.807) is 0 Å². The minimum Gasteiger partial charge on any atom is -0.503 e. The predicted molar refractivity (Wildman–Crippen MR) is 279 cm³/mol. The lowest BCUT2D eigenvalue weighted by Crippen LogP contribution is -2.54. The lowest BCUT2D eigenvalue weighted by Gasteiger charge is -2.46. The number of nitrogens with one attached hydrogen (secondary N) is 1. The van der Waals surface area contributed by atoms with Crippen molar-refractivity contribution in [1.29, 1.82) is 0 Å². The maximum Gasteiger partial charge on any atom is 0.293 e. The van der Waals surface area contributed by atoms with Crippen molar-refractivity contribution in [3.8, 4) is 0 Å². The SMILES string of the molecule is CC1=C/C(C)/C(C)=C(/B2c3cc4c(cc3N(c3ccc5c(c3)C(C)(C)CCC5(C)C)c3cc(C(C)(C)C)cc(Nc5ccc(C(C)(C)C)cc5C)c32)C(C)(C)CCC4(C)C)OC/C=C\1. The molecule has 4 aliphatic rings. The van der Waals surface area contributed by atoms with E-state index in [0.29, 0.717) is 6.61 Å². The van der Waals surface area contributed by atoms with E-state index in [4.69, 9.17) is 4.74 Å². The number of hydrogen-bond donors (Lipinski definition) is 1. The van der Waals surface area contributed by atoms with Crippen LogP contribution in [0.25, 0.3) is 0 Å². The summed E-state index contributed by atoms with van der Waals surface area (Å²) in [6.07, 6.45) is 11.5. The van der Waals surface area contributed by atoms with Gasteiger partial charge in [-0.2, -0.15) is 0 Å². The van der Waals surface area contributed by atoms with Gasteiger partial charge in [-0.3, -0.25) is 0 Å². The van der Waals surface area contributed by atoms with Crippen molar-refractivity contribution in [2.24, 2.45) is 5.92 Å². The van der Waals surface area contributed by atoms with Crippen LogP contribution in [-0.4, -0.2) is 13.3 Å². The number of allylic oxidation sites excluding steroid dienone is 4. The van der Waals surface area contributed by atoms with E-state index >= 15 is 0 Å². The van der Waals surface area contributed by atoms with Crippen molar-refractivity contribution in [3.05, 3.63) is 135 Å². The Morgan fingerprint density at radius 2 is 1.20 bits per heavy atom. The van der Waals surface area contributed by atoms with Gasteiger partial charge in [0.2, 0.25) is 0 Å². The summed E-state index contributed by atoms with van der Waals surface area (Å²) in [7, 11) is 0. The van der Waals surface area contributed by atoms with Gasteiger partial charge in [0.15, 0.2) is 0 Å². The molecule has 4 heteroatoms. The smallest absolute Gasteiger partial charge is 0.293 e. The number of aryl methyl sites for hydroxylation is 1. The van der Waals surface area contributed by atoms with Crippen molar-refractivity contribution < 1.29 is 4.74 Å². The molecule has 0 amide bonds. The first-order valence-corrected chi connectivity index (χ1v) is 24.5. The van der Waals surface area contributed by atoms with E-state index in [1.807, 2.05) is 0 Å². The molecule has 1 N–H and O–H groups in total. The van der Waals surface area contributed by atoms with E-state index in [-0.39, 0.29) is 45.1 Å². The topological polar surface area (TPSA) is 24.5 Å². The largest absolute Gasteiger partial charge is 0.503 e. The standard InChI is InChI=1S/C60H79BN2O/c1-37-20-19-29-64-54(40(4)38(2)30-37)61-48-35-46-47(60(17,18)28-27-59(46,15)16)36-51(48)63(43-22-23-44-45(34-43)58(13,14)26-25-57(44,11)12)52-33-42(56(8,9)10)32-50(53(52)61)62-49-24-21-41(31-39(49)3)55(5,6)7/h19-24,30-36,38,62H,25-29H2,1-18H3/b20-19-,37-30-,54-40-. The fraction of sp³-hybridized carbons (Fsp3) is 0.500. The zero-order valence-electron chi connectivity index (χ0n) is 43.1. The lowest BCUT2D eigenvalue weighted by molar-refractivity contribution is 0.266. The Morgan fingerprint density at radius 3 is 1.80 bits per heavy atom. The molecular weight excluding hydrogens is 775 g/mol. The molecule has 2 aliphatic carbocycles. The van der Waals surface area contributed by atoms with Gasteiger partial charge in [0, 0.05) is 28.4 Å². The highest BCUT2D eigenvalue weighted by atomic mass is 16.5. The second kappa shape index (κ2) is 15.6. The van der Waals surface area contributed by atoms with Gasteiger partial charge in [0.05, 0.1) is 5.66 Å². The monoisotopic (exact) mass is 855 g/mol. The maximum absolute atomic E-state index is 7.24. The van der Waals surface area contributed by atoms with Crippen molar-refractivity contribution >= 4 is 46.1 Å². The van der Waals surface area contributed by atoms with Gasteiger partial charge in [-0.15, -0.1) is 0 Å². The summed E-state index contributed by atoms with van der Waals surface area (Å²) in [6, 6.07) is 24.8. The van der Waals surface area contributed by atoms with Gasteiger partial charge in [-0.1, -0.05) is 146 Å². The molecule has 0 bridgehead atoms. The number of ether oxygens (including phenoxy) is 1. The predicted octanol–water partition coefficient (Wildman–Crippen LogP) is 15.4. The Labute approximate surface area is 389 Å². The van der Waals surface area contributed by atoms with Crippen molar-refractivity contribution in [2.75, 3.05) is 16.8 Å². The first-order valence-electron chi connectivity index (χ1n) is 24.5. The van der Waals surface area contributed by atoms with Gasteiger partial charge >= 0.3 is 0 Å². The molecule has 4 aromatic rings. The highest BCUT2D eigenvalue weighted by Gasteiger charge is 2.46. The van der Waals surface area contributed by atoms with Gasteiger partial charge in [0.25, 0.3) is 6.71 Å². The van der Waals surface area contributed by atoms with Crippen LogP contribution in [-0.2, 0) is 37.2 Å². The molecule has 64 heavy (non-hydrogen) atoms. The zero-order valence-corrected chi connectivity index (χ0v) is 43.1. The normalized spacial score (nSPS) is 23.5. The molecule has 4 aromatic carbocycles. The third-order valence-electron chi connectivity index (χ3n) is 16.1. The molecule has 2 aliphatic heterocycles. The average molecular weight is 855 g/mol. The summed E-state index contributed by atoms with van der Waals surface area (Å²) in [6.45, 7) is 43.2. The minimum atomic E-state index is -0.159. The minimum absolute atomic E-state index is 0.0264. The zero-order chi connectivity index (χ0) is 46.7. The van der Waals surface area contributed by atoms with Crippen LogP contribution in [0.5, 0.6) is 0 Å². The van der Waals surface area contributed by atoms with Crippen LogP contribution in [0.3, 0.4) is 0 Å². The summed E-state index contributed by atoms with van der Waals surface area (Å²) in [5.74, 6) is 0.194. The Hall–Kier alpha value is -4.44. The average Bonchev–Trinajstić information content (AvgIpc) is 3.25. The fourth-order valence-corrected chi connectivity index (χ4v) is 11.3. The summed E-state index contributed by atoms with van der Waals surface area (Å²) in [4.78, 5) is 2.67. The third-order valence-corrected chi connectivity index (χ3v) is 16.1. The van der Waals surface area contributed by atoms with Gasteiger partial charge < -0.3 is 15.0 Å². The molecule has 2 heterocycles. The Kier molecular flexibility index (Phi) is 11.2. The molecule has 1 unspecified atom stereocenters. The summed E-state index contributed by atoms with van der Waals surface area (Å²) < 4.78 is 7.24. The van der Waals surface area contributed by atoms with Crippen molar-refractivity contribution in [2.45, 2.75) is 183 Å². The Bertz CT molecular complexity index is 2610. The first kappa shape index (κ1) is 46.1. The molecule has 0 spiro atoms. The molecule has 1 atom stereocenters. The summed E-state index contributed by atoms with van der Waals surface area (Å²) >= 11 is 0. The van der Waals surface area contributed by atoms with Crippen LogP contribution in [0.1, 0.15) is 182 Å². The highest BCUT2D eigenvalue weighted by Crippen LogP contribution is 2.52. The number of hydrogen-bond acceptors (Lipinski definition) is 3. The van der Waals surface area contributed by atoms with E-state index < -0.39 is 0 Å². The summed E-state index contributed by atoms with van der Waals surface area (Å²) in [5, 5.41) is 4.17. The second-order valence-electron chi connectivity index (χ2n) is 25.1. The van der Waals surface area contributed by atoms with Crippen LogP contribution >= 0.6 is 0 Å². The Balaban J connectivity index is 1.53. The lowest BCUT2D eigenvalue weighted by atomic mass is 9.35. The third kappa shape index (κ3) is 8.12. The molecule has 0 aromatic heterocycles. The number of benzene rings is 4. The van der Waals surface area contributed by atoms with Gasteiger partial charge in [-0.25, -0.2) is 0 Å². The number of rotatable bonds is 4. The highest BCUT2D eigenvalue weighted by molar-refractivity contribution is 6.94. The van der Waals surface area contributed by atoms with E-state index in [0.717, 1.165) is 29.9 Å². The Morgan fingerprint density at radius 1 is 0.625 bits per heavy atom. The fourth-order valence-electron chi connectivity index (χ4n) is 11.3. The number of anilines is 5. The number of fused-ring (bicyclic) bond motifs is 4. The molecule has 0 radical (unpaired) electrons. The second-order valence-corrected chi connectivity index (χ2v) is 25.1. The quantitative estimate of drug-likeness (QED) is 0.207.